The molecule has 0 saturated carbocycles. The maximum Gasteiger partial charge on any atom is 0.193 e. The Labute approximate surface area is 162 Å². The Bertz CT molecular complexity index is 758. The van der Waals surface area contributed by atoms with E-state index in [9.17, 15) is 0 Å². The highest BCUT2D eigenvalue weighted by atomic mass is 16.5. The first-order valence-corrected chi connectivity index (χ1v) is 9.39. The van der Waals surface area contributed by atoms with Crippen LogP contribution in [0.5, 0.6) is 5.75 Å². The van der Waals surface area contributed by atoms with Crippen molar-refractivity contribution in [3.8, 4) is 5.75 Å². The summed E-state index contributed by atoms with van der Waals surface area (Å²) in [6.07, 6.45) is 1.14. The summed E-state index contributed by atoms with van der Waals surface area (Å²) in [6, 6.07) is 16.9. The number of methoxy groups -OCH3 is 2. The number of ether oxygens (including phenoxy) is 2. The Balaban J connectivity index is 1.57. The zero-order valence-electron chi connectivity index (χ0n) is 16.4. The fourth-order valence-electron chi connectivity index (χ4n) is 3.61. The van der Waals surface area contributed by atoms with Crippen molar-refractivity contribution < 1.29 is 9.47 Å². The van der Waals surface area contributed by atoms with Crippen molar-refractivity contribution >= 4 is 5.96 Å². The SMILES string of the molecule is CN=C(NCc1cccc(COC)c1)N1CCC(c2ccc(OC)cc2)C1. The highest BCUT2D eigenvalue weighted by Gasteiger charge is 2.26. The first-order chi connectivity index (χ1) is 13.2. The predicted octanol–water partition coefficient (Wildman–Crippen LogP) is 3.41. The lowest BCUT2D eigenvalue weighted by Gasteiger charge is -2.22. The molecule has 3 rings (SSSR count). The van der Waals surface area contributed by atoms with Crippen molar-refractivity contribution in [1.82, 2.24) is 10.2 Å². The summed E-state index contributed by atoms with van der Waals surface area (Å²) >= 11 is 0. The molecule has 1 heterocycles. The predicted molar refractivity (Wildman–Crippen MR) is 109 cm³/mol. The number of hydrogen-bond acceptors (Lipinski definition) is 3. The summed E-state index contributed by atoms with van der Waals surface area (Å²) in [7, 11) is 5.27. The molecule has 0 amide bonds. The lowest BCUT2D eigenvalue weighted by Crippen LogP contribution is -2.39. The van der Waals surface area contributed by atoms with Gasteiger partial charge in [-0.3, -0.25) is 4.99 Å². The average Bonchev–Trinajstić information content (AvgIpc) is 3.19. The van der Waals surface area contributed by atoms with Gasteiger partial charge in [-0.05, 0) is 35.2 Å². The summed E-state index contributed by atoms with van der Waals surface area (Å²) in [5.41, 5.74) is 3.78. The first kappa shape index (κ1) is 19.2. The number of nitrogens with one attached hydrogen (secondary N) is 1. The van der Waals surface area contributed by atoms with Gasteiger partial charge in [0.2, 0.25) is 0 Å². The molecule has 1 atom stereocenters. The summed E-state index contributed by atoms with van der Waals surface area (Å²) < 4.78 is 10.5. The van der Waals surface area contributed by atoms with E-state index >= 15 is 0 Å². The van der Waals surface area contributed by atoms with Crippen molar-refractivity contribution in [3.05, 3.63) is 65.2 Å². The van der Waals surface area contributed by atoms with Gasteiger partial charge in [0.15, 0.2) is 5.96 Å². The molecule has 1 unspecified atom stereocenters. The summed E-state index contributed by atoms with van der Waals surface area (Å²) in [5.74, 6) is 2.39. The van der Waals surface area contributed by atoms with Gasteiger partial charge in [0, 0.05) is 39.7 Å². The Kier molecular flexibility index (Phi) is 6.71. The molecule has 27 heavy (non-hydrogen) atoms. The zero-order chi connectivity index (χ0) is 19.1. The number of rotatable bonds is 6. The van der Waals surface area contributed by atoms with E-state index in [0.717, 1.165) is 37.8 Å². The van der Waals surface area contributed by atoms with Crippen LogP contribution in [0.15, 0.2) is 53.5 Å². The Hall–Kier alpha value is -2.53. The molecule has 0 aliphatic carbocycles. The Morgan fingerprint density at radius 1 is 1.15 bits per heavy atom. The van der Waals surface area contributed by atoms with Crippen LogP contribution in [0.1, 0.15) is 29.0 Å². The van der Waals surface area contributed by atoms with Gasteiger partial charge in [0.25, 0.3) is 0 Å². The number of aliphatic imine (C=N–C) groups is 1. The molecule has 0 aromatic heterocycles. The van der Waals surface area contributed by atoms with E-state index in [2.05, 4.69) is 51.6 Å². The second-order valence-corrected chi connectivity index (χ2v) is 6.86. The monoisotopic (exact) mass is 367 g/mol. The van der Waals surface area contributed by atoms with Gasteiger partial charge in [-0.25, -0.2) is 0 Å². The molecule has 0 radical (unpaired) electrons. The smallest absolute Gasteiger partial charge is 0.193 e. The number of guanidine groups is 1. The molecule has 5 heteroatoms. The van der Waals surface area contributed by atoms with E-state index < -0.39 is 0 Å². The van der Waals surface area contributed by atoms with E-state index in [1.807, 2.05) is 19.2 Å². The third-order valence-corrected chi connectivity index (χ3v) is 5.04. The topological polar surface area (TPSA) is 46.1 Å². The molecule has 144 valence electrons. The van der Waals surface area contributed by atoms with Crippen molar-refractivity contribution in [2.75, 3.05) is 34.4 Å². The highest BCUT2D eigenvalue weighted by molar-refractivity contribution is 5.80. The van der Waals surface area contributed by atoms with E-state index in [1.165, 1.54) is 16.7 Å². The summed E-state index contributed by atoms with van der Waals surface area (Å²) in [5, 5.41) is 3.50. The third kappa shape index (κ3) is 5.01. The molecule has 2 aromatic rings. The molecule has 5 nitrogen and oxygen atoms in total. The molecule has 1 aliphatic rings. The summed E-state index contributed by atoms with van der Waals surface area (Å²) in [4.78, 5) is 6.83. The van der Waals surface area contributed by atoms with E-state index in [-0.39, 0.29) is 0 Å². The van der Waals surface area contributed by atoms with Crippen LogP contribution in [0.25, 0.3) is 0 Å². The van der Waals surface area contributed by atoms with Crippen LogP contribution >= 0.6 is 0 Å². The van der Waals surface area contributed by atoms with Gasteiger partial charge >= 0.3 is 0 Å². The van der Waals surface area contributed by atoms with Crippen LogP contribution in [0.4, 0.5) is 0 Å². The number of hydrogen-bond donors (Lipinski definition) is 1. The van der Waals surface area contributed by atoms with Crippen LogP contribution in [-0.2, 0) is 17.9 Å². The van der Waals surface area contributed by atoms with E-state index in [4.69, 9.17) is 9.47 Å². The van der Waals surface area contributed by atoms with Gasteiger partial charge < -0.3 is 19.7 Å². The number of likely N-dealkylation sites (tertiary alicyclic amines) is 1. The molecule has 1 saturated heterocycles. The molecule has 0 spiro atoms. The van der Waals surface area contributed by atoms with Crippen molar-refractivity contribution in [3.63, 3.8) is 0 Å². The summed E-state index contributed by atoms with van der Waals surface area (Å²) in [6.45, 7) is 3.39. The first-order valence-electron chi connectivity index (χ1n) is 9.39. The Morgan fingerprint density at radius 3 is 2.63 bits per heavy atom. The van der Waals surface area contributed by atoms with E-state index in [0.29, 0.717) is 12.5 Å². The van der Waals surface area contributed by atoms with E-state index in [1.54, 1.807) is 14.2 Å². The van der Waals surface area contributed by atoms with Crippen LogP contribution in [0, 0.1) is 0 Å². The van der Waals surface area contributed by atoms with Gasteiger partial charge in [-0.15, -0.1) is 0 Å². The van der Waals surface area contributed by atoms with Crippen molar-refractivity contribution in [1.29, 1.82) is 0 Å². The average molecular weight is 367 g/mol. The Morgan fingerprint density at radius 2 is 1.93 bits per heavy atom. The largest absolute Gasteiger partial charge is 0.497 e. The lowest BCUT2D eigenvalue weighted by atomic mass is 9.98. The molecule has 1 fully saturated rings. The zero-order valence-corrected chi connectivity index (χ0v) is 16.4. The van der Waals surface area contributed by atoms with Gasteiger partial charge in [0.05, 0.1) is 13.7 Å². The van der Waals surface area contributed by atoms with Gasteiger partial charge in [-0.2, -0.15) is 0 Å². The molecule has 1 N–H and O–H groups in total. The minimum atomic E-state index is 0.527. The molecular formula is C22H29N3O2. The third-order valence-electron chi connectivity index (χ3n) is 5.04. The van der Waals surface area contributed by atoms with Crippen LogP contribution < -0.4 is 10.1 Å². The van der Waals surface area contributed by atoms with Crippen LogP contribution in [-0.4, -0.2) is 45.2 Å². The van der Waals surface area contributed by atoms with Crippen LogP contribution in [0.2, 0.25) is 0 Å². The van der Waals surface area contributed by atoms with Crippen molar-refractivity contribution in [2.45, 2.75) is 25.5 Å². The maximum atomic E-state index is 5.26. The van der Waals surface area contributed by atoms with Crippen molar-refractivity contribution in [2.24, 2.45) is 4.99 Å². The standard InChI is InChI=1S/C22H29N3O2/c1-23-22(24-14-17-5-4-6-18(13-17)16-26-2)25-12-11-20(15-25)19-7-9-21(27-3)10-8-19/h4-10,13,20H,11-12,14-16H2,1-3H3,(H,23,24). The minimum Gasteiger partial charge on any atom is -0.497 e. The second kappa shape index (κ2) is 9.42. The fourth-order valence-corrected chi connectivity index (χ4v) is 3.61. The van der Waals surface area contributed by atoms with Gasteiger partial charge in [-0.1, -0.05) is 36.4 Å². The molecular weight excluding hydrogens is 338 g/mol. The quantitative estimate of drug-likeness (QED) is 0.628. The second-order valence-electron chi connectivity index (χ2n) is 6.86. The number of benzene rings is 2. The lowest BCUT2D eigenvalue weighted by molar-refractivity contribution is 0.185. The molecule has 2 aromatic carbocycles. The van der Waals surface area contributed by atoms with Gasteiger partial charge in [0.1, 0.15) is 5.75 Å². The minimum absolute atomic E-state index is 0.527. The molecule has 0 bridgehead atoms. The normalized spacial score (nSPS) is 17.2. The molecule has 1 aliphatic heterocycles. The van der Waals surface area contributed by atoms with Crippen LogP contribution in [0.3, 0.4) is 0 Å². The number of nitrogens with zero attached hydrogens (tertiary/aromatic N) is 2. The maximum absolute atomic E-state index is 5.26. The fraction of sp³-hybridized carbons (Fsp3) is 0.409. The highest BCUT2D eigenvalue weighted by Crippen LogP contribution is 2.28.